The minimum absolute atomic E-state index is 0.0340. The van der Waals surface area contributed by atoms with E-state index in [-0.39, 0.29) is 11.8 Å². The first-order valence-electron chi connectivity index (χ1n) is 40.3. The molecule has 0 spiro atoms. The van der Waals surface area contributed by atoms with Crippen LogP contribution in [0, 0.1) is 11.8 Å². The Bertz CT molecular complexity index is 4030. The number of thiophene rings is 10. The van der Waals surface area contributed by atoms with Crippen LogP contribution in [0.2, 0.25) is 0 Å². The van der Waals surface area contributed by atoms with E-state index in [9.17, 15) is 0 Å². The van der Waals surface area contributed by atoms with Gasteiger partial charge in [-0.05, 0) is 182 Å². The number of carbonyl (C=O) groups is 2. The van der Waals surface area contributed by atoms with E-state index in [1.165, 1.54) is 269 Å². The second-order valence-corrected chi connectivity index (χ2v) is 39.8. The normalized spacial score (nSPS) is 13.9. The van der Waals surface area contributed by atoms with Gasteiger partial charge in [-0.3, -0.25) is 9.59 Å². The predicted octanol–water partition coefficient (Wildman–Crippen LogP) is 32.4. The lowest BCUT2D eigenvalue weighted by atomic mass is 9.93. The van der Waals surface area contributed by atoms with E-state index in [1.54, 1.807) is 0 Å². The Balaban J connectivity index is 0.955. The summed E-state index contributed by atoms with van der Waals surface area (Å²) in [7, 11) is 0. The molecule has 104 heavy (non-hydrogen) atoms. The second kappa shape index (κ2) is 40.7. The number of hydrogen-bond acceptors (Lipinski definition) is 12. The van der Waals surface area contributed by atoms with Crippen molar-refractivity contribution >= 4 is 137 Å². The Morgan fingerprint density at radius 2 is 0.548 bits per heavy atom. The van der Waals surface area contributed by atoms with E-state index in [2.05, 4.69) is 171 Å². The van der Waals surface area contributed by atoms with Crippen molar-refractivity contribution in [1.29, 1.82) is 0 Å². The smallest absolute Gasteiger partial charge is 0.261 e. The number of rotatable bonds is 48. The van der Waals surface area contributed by atoms with E-state index >= 15 is 9.59 Å². The Hall–Kier alpha value is -4.58. The maximum absolute atomic E-state index is 16.7. The molecule has 0 bridgehead atoms. The zero-order chi connectivity index (χ0) is 72.0. The predicted molar refractivity (Wildman–Crippen MR) is 469 cm³/mol. The number of aryl methyl sites for hydroxylation is 2. The highest BCUT2D eigenvalue weighted by molar-refractivity contribution is 7.31. The summed E-state index contributed by atoms with van der Waals surface area (Å²) in [4.78, 5) is 60.9. The summed E-state index contributed by atoms with van der Waals surface area (Å²) >= 11 is 18.8. The van der Waals surface area contributed by atoms with Crippen LogP contribution in [0.15, 0.2) is 131 Å². The quantitative estimate of drug-likeness (QED) is 0.0357. The summed E-state index contributed by atoms with van der Waals surface area (Å²) in [6, 6.07) is 41.6. The highest BCUT2D eigenvalue weighted by Crippen LogP contribution is 2.54. The first kappa shape index (κ1) is 79.0. The van der Waals surface area contributed by atoms with E-state index in [0.717, 1.165) is 59.7 Å². The van der Waals surface area contributed by atoms with Gasteiger partial charge in [0, 0.05) is 91.1 Å². The van der Waals surface area contributed by atoms with E-state index in [0.29, 0.717) is 36.1 Å². The van der Waals surface area contributed by atoms with Gasteiger partial charge in [0.1, 0.15) is 0 Å². The molecule has 12 rings (SSSR count). The third kappa shape index (κ3) is 20.3. The first-order valence-corrected chi connectivity index (χ1v) is 48.6. The topological polar surface area (TPSA) is 40.6 Å². The standard InChI is InChI=1S/C90H112N2O2S10/c1-7-13-19-25-27-31-39-63(37-29-21-15-9-3)61-91-85(77-53-49-75(99-77)81-59-65(41-33-23-17-11-5)87(103-81)79-55-51-73(101-79)71-47-45-69(97-71)67-43-35-57-95-67)83-84(89(91)93)86(92(90(83)94)62-64(38-30-22-16-10-4)40-32-28-26-20-14-8-2)78-54-50-76(100-78)82-60-66(42-34-24-18-12-6)88(104-82)80-56-52-74(102-80)72-48-46-70(98-72)68-44-36-58-96-68/h35-36,43-60,63-64H,7-34,37-42,61-62H2,1-6H3. The van der Waals surface area contributed by atoms with Crippen molar-refractivity contribution in [2.24, 2.45) is 11.8 Å². The van der Waals surface area contributed by atoms with Crippen molar-refractivity contribution in [3.8, 4) is 78.0 Å². The van der Waals surface area contributed by atoms with E-state index in [1.807, 2.05) is 113 Å². The zero-order valence-corrected chi connectivity index (χ0v) is 71.1. The molecular formula is C90H112N2O2S10. The van der Waals surface area contributed by atoms with Gasteiger partial charge >= 0.3 is 0 Å². The molecule has 2 aliphatic heterocycles. The third-order valence-corrected chi connectivity index (χ3v) is 33.3. The van der Waals surface area contributed by atoms with Crippen LogP contribution in [-0.4, -0.2) is 34.7 Å². The number of nitrogens with zero attached hydrogens (tertiary/aromatic N) is 2. The Morgan fingerprint density at radius 1 is 0.279 bits per heavy atom. The second-order valence-electron chi connectivity index (χ2n) is 29.3. The lowest BCUT2D eigenvalue weighted by Crippen LogP contribution is -2.34. The van der Waals surface area contributed by atoms with Gasteiger partial charge in [0.15, 0.2) is 0 Å². The summed E-state index contributed by atoms with van der Waals surface area (Å²) in [5.74, 6) is 0.742. The lowest BCUT2D eigenvalue weighted by molar-refractivity contribution is -0.124. The summed E-state index contributed by atoms with van der Waals surface area (Å²) in [6.07, 6.45) is 40.9. The molecule has 0 radical (unpaired) electrons. The van der Waals surface area contributed by atoms with Gasteiger partial charge in [0.2, 0.25) is 0 Å². The molecule has 0 aliphatic carbocycles. The van der Waals surface area contributed by atoms with Crippen molar-refractivity contribution in [2.75, 3.05) is 13.1 Å². The van der Waals surface area contributed by atoms with Crippen LogP contribution in [0.4, 0.5) is 0 Å². The van der Waals surface area contributed by atoms with E-state index < -0.39 is 0 Å². The van der Waals surface area contributed by atoms with Crippen LogP contribution in [0.5, 0.6) is 0 Å². The fourth-order valence-corrected chi connectivity index (χ4v) is 26.3. The fourth-order valence-electron chi connectivity index (χ4n) is 15.4. The molecule has 0 N–H and O–H groups in total. The van der Waals surface area contributed by atoms with Gasteiger partial charge < -0.3 is 9.80 Å². The van der Waals surface area contributed by atoms with Gasteiger partial charge in [-0.1, -0.05) is 221 Å². The monoisotopic (exact) mass is 1570 g/mol. The van der Waals surface area contributed by atoms with Crippen molar-refractivity contribution < 1.29 is 9.59 Å². The maximum atomic E-state index is 16.7. The molecule has 0 fully saturated rings. The third-order valence-electron chi connectivity index (χ3n) is 21.2. The van der Waals surface area contributed by atoms with Gasteiger partial charge in [0.05, 0.1) is 32.3 Å². The molecule has 0 saturated carbocycles. The number of amides is 2. The molecule has 2 aliphatic rings. The van der Waals surface area contributed by atoms with Crippen molar-refractivity contribution in [1.82, 2.24) is 9.80 Å². The van der Waals surface area contributed by atoms with Gasteiger partial charge in [-0.25, -0.2) is 0 Å². The first-order chi connectivity index (χ1) is 51.2. The summed E-state index contributed by atoms with van der Waals surface area (Å²) in [6.45, 7) is 15.1. The molecule has 0 saturated heterocycles. The van der Waals surface area contributed by atoms with Gasteiger partial charge in [-0.2, -0.15) is 0 Å². The molecule has 12 heterocycles. The van der Waals surface area contributed by atoms with Crippen LogP contribution in [0.25, 0.3) is 89.4 Å². The Labute approximate surface area is 664 Å². The Kier molecular flexibility index (Phi) is 30.9. The molecule has 2 unspecified atom stereocenters. The summed E-state index contributed by atoms with van der Waals surface area (Å²) < 4.78 is 0. The highest BCUT2D eigenvalue weighted by Gasteiger charge is 2.50. The summed E-state index contributed by atoms with van der Waals surface area (Å²) in [5.41, 5.74) is 5.92. The molecule has 2 amide bonds. The minimum Gasteiger partial charge on any atom is -0.306 e. The SMILES string of the molecule is CCCCCCCCC(CCCCCC)CN1C(=O)C2=C(c3ccc(-c4cc(CCCCCC)c(-c5ccc(-c6ccc(-c7cccs7)s6)s5)s4)s3)N(CC(CCCCCC)CCCCCCCC)C(=O)C2=C1c1ccc(-c2cc(CCCCCC)c(-c3ccc(-c4ccc(-c5cccs5)s4)s3)s2)s1. The van der Waals surface area contributed by atoms with Crippen LogP contribution >= 0.6 is 113 Å². The fraction of sp³-hybridized carbons (Fsp3) is 0.489. The van der Waals surface area contributed by atoms with E-state index in [4.69, 9.17) is 0 Å². The number of fused-ring (bicyclic) bond motifs is 1. The molecule has 4 nitrogen and oxygen atoms in total. The zero-order valence-electron chi connectivity index (χ0n) is 63.0. The van der Waals surface area contributed by atoms with Crippen LogP contribution in [0.1, 0.15) is 268 Å². The number of carbonyl (C=O) groups excluding carboxylic acids is 2. The molecule has 554 valence electrons. The Morgan fingerprint density at radius 3 is 0.885 bits per heavy atom. The molecule has 10 aromatic rings. The molecule has 10 aromatic heterocycles. The average Bonchev–Trinajstić information content (AvgIpc) is 1.55. The van der Waals surface area contributed by atoms with Gasteiger partial charge in [0.25, 0.3) is 11.8 Å². The van der Waals surface area contributed by atoms with Crippen molar-refractivity contribution in [3.05, 3.63) is 152 Å². The maximum Gasteiger partial charge on any atom is 0.261 e. The summed E-state index contributed by atoms with van der Waals surface area (Å²) in [5, 5.41) is 4.35. The highest BCUT2D eigenvalue weighted by atomic mass is 32.1. The average molecular weight is 1570 g/mol. The lowest BCUT2D eigenvalue weighted by Gasteiger charge is -2.29. The molecule has 2 atom stereocenters. The largest absolute Gasteiger partial charge is 0.306 e. The van der Waals surface area contributed by atoms with Crippen LogP contribution in [-0.2, 0) is 22.4 Å². The molecule has 14 heteroatoms. The van der Waals surface area contributed by atoms with Crippen molar-refractivity contribution in [3.63, 3.8) is 0 Å². The number of hydrogen-bond donors (Lipinski definition) is 0. The minimum atomic E-state index is 0.0340. The van der Waals surface area contributed by atoms with Gasteiger partial charge in [-0.15, -0.1) is 113 Å². The van der Waals surface area contributed by atoms with Crippen LogP contribution in [0.3, 0.4) is 0 Å². The number of unbranched alkanes of at least 4 members (excludes halogenated alkanes) is 22. The van der Waals surface area contributed by atoms with Crippen molar-refractivity contribution in [2.45, 2.75) is 260 Å². The molecule has 0 aromatic carbocycles. The van der Waals surface area contributed by atoms with Crippen LogP contribution < -0.4 is 0 Å². The molecular weight excluding hydrogens is 1460 g/mol.